The van der Waals surface area contributed by atoms with E-state index in [1.807, 2.05) is 13.0 Å². The number of likely N-dealkylation sites (N-methyl/N-ethyl adjacent to an activating group) is 1. The first-order valence-corrected chi connectivity index (χ1v) is 12.3. The second-order valence-corrected chi connectivity index (χ2v) is 9.78. The smallest absolute Gasteiger partial charge is 0.335 e. The van der Waals surface area contributed by atoms with Crippen LogP contribution in [0.15, 0.2) is 52.4 Å². The van der Waals surface area contributed by atoms with Gasteiger partial charge in [-0.05, 0) is 92.4 Å². The molecule has 1 fully saturated rings. The molecule has 3 aromatic rings. The molecule has 4 rings (SSSR count). The highest BCUT2D eigenvalue weighted by Crippen LogP contribution is 2.36. The molecule has 2 heterocycles. The number of carboxylic acids is 1. The number of carbonyl (C=O) groups excluding carboxylic acids is 1. The maximum Gasteiger partial charge on any atom is 0.335 e. The van der Waals surface area contributed by atoms with Crippen LogP contribution in [0.5, 0.6) is 0 Å². The first kappa shape index (κ1) is 24.5. The number of hydrogen-bond acceptors (Lipinski definition) is 4. The quantitative estimate of drug-likeness (QED) is 0.435. The van der Waals surface area contributed by atoms with Crippen molar-refractivity contribution in [3.63, 3.8) is 0 Å². The summed E-state index contributed by atoms with van der Waals surface area (Å²) >= 11 is 1.30. The first-order chi connectivity index (χ1) is 16.6. The number of rotatable bonds is 5. The molecule has 2 aromatic carbocycles. The normalized spacial score (nSPS) is 16.1. The Labute approximate surface area is 210 Å². The van der Waals surface area contributed by atoms with E-state index in [4.69, 9.17) is 0 Å². The number of hydrogen-bond donors (Lipinski definition) is 1. The number of aliphatic imine (C=N–C) groups is 1. The number of carboxylic acid groups (broad SMARTS) is 1. The second kappa shape index (κ2) is 9.58. The number of para-hydroxylation sites is 1. The zero-order chi connectivity index (χ0) is 25.4. The minimum atomic E-state index is -1.01. The van der Waals surface area contributed by atoms with Gasteiger partial charge in [0.15, 0.2) is 5.17 Å². The standard InChI is InChI=1S/C28H29N3O3S/c1-7-20-10-8-9-17(3)25(20)31-18(4)13-22(19(31)5)15-24-26(32)30(6)28(35-24)29-23-14-21(27(33)34)12-11-16(23)2/h8-15H,7H2,1-6H3,(H,33,34)/b24-15-,29-28?. The van der Waals surface area contributed by atoms with Crippen LogP contribution >= 0.6 is 11.8 Å². The third kappa shape index (κ3) is 4.56. The summed E-state index contributed by atoms with van der Waals surface area (Å²) in [4.78, 5) is 31.1. The van der Waals surface area contributed by atoms with E-state index in [1.165, 1.54) is 39.5 Å². The first-order valence-electron chi connectivity index (χ1n) is 11.5. The highest BCUT2D eigenvalue weighted by molar-refractivity contribution is 8.18. The molecule has 1 saturated heterocycles. The summed E-state index contributed by atoms with van der Waals surface area (Å²) < 4.78 is 2.27. The summed E-state index contributed by atoms with van der Waals surface area (Å²) in [7, 11) is 1.69. The number of thioether (sulfide) groups is 1. The number of aromatic carboxylic acids is 1. The Morgan fingerprint density at radius 1 is 1.09 bits per heavy atom. The van der Waals surface area contributed by atoms with Crippen molar-refractivity contribution in [3.8, 4) is 5.69 Å². The van der Waals surface area contributed by atoms with Gasteiger partial charge in [-0.25, -0.2) is 9.79 Å². The van der Waals surface area contributed by atoms with Crippen LogP contribution in [0.25, 0.3) is 11.8 Å². The molecule has 1 aliphatic heterocycles. The highest BCUT2D eigenvalue weighted by Gasteiger charge is 2.31. The Balaban J connectivity index is 1.73. The molecule has 0 atom stereocenters. The van der Waals surface area contributed by atoms with Gasteiger partial charge >= 0.3 is 5.97 Å². The van der Waals surface area contributed by atoms with Crippen LogP contribution in [0, 0.1) is 27.7 Å². The van der Waals surface area contributed by atoms with Crippen molar-refractivity contribution in [2.45, 2.75) is 41.0 Å². The minimum absolute atomic E-state index is 0.129. The van der Waals surface area contributed by atoms with Crippen molar-refractivity contribution in [1.82, 2.24) is 9.47 Å². The molecular formula is C28H29N3O3S. The van der Waals surface area contributed by atoms with Crippen molar-refractivity contribution < 1.29 is 14.7 Å². The van der Waals surface area contributed by atoms with Crippen LogP contribution < -0.4 is 0 Å². The van der Waals surface area contributed by atoms with Crippen LogP contribution in [0.2, 0.25) is 0 Å². The lowest BCUT2D eigenvalue weighted by molar-refractivity contribution is -0.121. The van der Waals surface area contributed by atoms with E-state index in [1.54, 1.807) is 19.2 Å². The molecule has 0 saturated carbocycles. The minimum Gasteiger partial charge on any atom is -0.478 e. The summed E-state index contributed by atoms with van der Waals surface area (Å²) in [5, 5.41) is 9.84. The monoisotopic (exact) mass is 487 g/mol. The third-order valence-corrected chi connectivity index (χ3v) is 7.42. The van der Waals surface area contributed by atoms with E-state index in [0.29, 0.717) is 15.8 Å². The summed E-state index contributed by atoms with van der Waals surface area (Å²) in [6.45, 7) is 10.3. The number of amides is 1. The van der Waals surface area contributed by atoms with Gasteiger partial charge in [0, 0.05) is 18.4 Å². The van der Waals surface area contributed by atoms with Crippen molar-refractivity contribution in [2.24, 2.45) is 4.99 Å². The molecular weight excluding hydrogens is 458 g/mol. The van der Waals surface area contributed by atoms with Gasteiger partial charge in [0.05, 0.1) is 21.8 Å². The molecule has 0 radical (unpaired) electrons. The van der Waals surface area contributed by atoms with Gasteiger partial charge in [-0.3, -0.25) is 9.69 Å². The van der Waals surface area contributed by atoms with E-state index in [2.05, 4.69) is 61.5 Å². The molecule has 0 unspecified atom stereocenters. The fraction of sp³-hybridized carbons (Fsp3) is 0.250. The number of aromatic nitrogens is 1. The summed E-state index contributed by atoms with van der Waals surface area (Å²) in [5.41, 5.74) is 8.42. The maximum absolute atomic E-state index is 13.1. The zero-order valence-corrected chi connectivity index (χ0v) is 21.7. The summed E-state index contributed by atoms with van der Waals surface area (Å²) in [5.74, 6) is -1.14. The number of carbonyl (C=O) groups is 2. The van der Waals surface area contributed by atoms with E-state index in [0.717, 1.165) is 28.9 Å². The van der Waals surface area contributed by atoms with E-state index in [9.17, 15) is 14.7 Å². The lowest BCUT2D eigenvalue weighted by Gasteiger charge is -2.17. The number of aryl methyl sites for hydroxylation is 4. The van der Waals surface area contributed by atoms with E-state index in [-0.39, 0.29) is 11.5 Å². The lowest BCUT2D eigenvalue weighted by Crippen LogP contribution is -2.23. The predicted octanol–water partition coefficient (Wildman–Crippen LogP) is 6.21. The third-order valence-electron chi connectivity index (χ3n) is 6.36. The largest absolute Gasteiger partial charge is 0.478 e. The second-order valence-electron chi connectivity index (χ2n) is 8.77. The fourth-order valence-corrected chi connectivity index (χ4v) is 5.33. The lowest BCUT2D eigenvalue weighted by atomic mass is 10.1. The highest BCUT2D eigenvalue weighted by atomic mass is 32.2. The molecule has 1 N–H and O–H groups in total. The molecule has 1 amide bonds. The molecule has 180 valence electrons. The molecule has 0 bridgehead atoms. The van der Waals surface area contributed by atoms with Crippen molar-refractivity contribution in [2.75, 3.05) is 7.05 Å². The summed E-state index contributed by atoms with van der Waals surface area (Å²) in [6.07, 6.45) is 2.86. The molecule has 6 nitrogen and oxygen atoms in total. The number of benzene rings is 2. The Bertz CT molecular complexity index is 1420. The van der Waals surface area contributed by atoms with Gasteiger partial charge in [0.1, 0.15) is 0 Å². The van der Waals surface area contributed by atoms with Crippen LogP contribution in [0.1, 0.15) is 50.9 Å². The molecule has 0 aliphatic carbocycles. The average Bonchev–Trinajstić information content (AvgIpc) is 3.24. The molecule has 1 aliphatic rings. The maximum atomic E-state index is 13.1. The topological polar surface area (TPSA) is 74.9 Å². The Morgan fingerprint density at radius 3 is 2.51 bits per heavy atom. The van der Waals surface area contributed by atoms with Crippen molar-refractivity contribution in [1.29, 1.82) is 0 Å². The van der Waals surface area contributed by atoms with E-state index >= 15 is 0 Å². The molecule has 0 spiro atoms. The molecule has 1 aromatic heterocycles. The molecule has 35 heavy (non-hydrogen) atoms. The predicted molar refractivity (Wildman–Crippen MR) is 143 cm³/mol. The Kier molecular flexibility index (Phi) is 6.72. The average molecular weight is 488 g/mol. The van der Waals surface area contributed by atoms with Crippen molar-refractivity contribution in [3.05, 3.63) is 86.6 Å². The van der Waals surface area contributed by atoms with Crippen molar-refractivity contribution >= 4 is 40.6 Å². The SMILES string of the molecule is CCc1cccc(C)c1-n1c(C)cc(/C=C2\SC(=Nc3cc(C(=O)O)ccc3C)N(C)C2=O)c1C. The van der Waals surface area contributed by atoms with Crippen LogP contribution in [-0.4, -0.2) is 38.7 Å². The van der Waals surface area contributed by atoms with Crippen LogP contribution in [0.4, 0.5) is 5.69 Å². The fourth-order valence-electron chi connectivity index (χ4n) is 4.36. The van der Waals surface area contributed by atoms with Gasteiger partial charge in [-0.2, -0.15) is 0 Å². The van der Waals surface area contributed by atoms with Crippen LogP contribution in [-0.2, 0) is 11.2 Å². The summed E-state index contributed by atoms with van der Waals surface area (Å²) in [6, 6.07) is 13.3. The zero-order valence-electron chi connectivity index (χ0n) is 20.8. The van der Waals surface area contributed by atoms with Crippen LogP contribution in [0.3, 0.4) is 0 Å². The van der Waals surface area contributed by atoms with Gasteiger partial charge in [0.25, 0.3) is 5.91 Å². The molecule has 7 heteroatoms. The van der Waals surface area contributed by atoms with Gasteiger partial charge in [-0.15, -0.1) is 0 Å². The van der Waals surface area contributed by atoms with Gasteiger partial charge in [0.2, 0.25) is 0 Å². The Hall–Kier alpha value is -3.58. The van der Waals surface area contributed by atoms with Gasteiger partial charge in [-0.1, -0.05) is 31.2 Å². The number of nitrogens with zero attached hydrogens (tertiary/aromatic N) is 3. The van der Waals surface area contributed by atoms with Gasteiger partial charge < -0.3 is 9.67 Å². The van der Waals surface area contributed by atoms with E-state index < -0.39 is 5.97 Å². The number of amidine groups is 1. The Morgan fingerprint density at radius 2 is 1.83 bits per heavy atom.